The predicted molar refractivity (Wildman–Crippen MR) is 176 cm³/mol. The number of amides is 1. The van der Waals surface area contributed by atoms with Gasteiger partial charge in [-0.15, -0.1) is 0 Å². The smallest absolute Gasteiger partial charge is 0.432 e. The lowest BCUT2D eigenvalue weighted by Gasteiger charge is -2.40. The molecule has 0 spiro atoms. The van der Waals surface area contributed by atoms with Gasteiger partial charge in [0.25, 0.3) is 5.60 Å². The highest BCUT2D eigenvalue weighted by Gasteiger charge is 2.65. The van der Waals surface area contributed by atoms with Crippen LogP contribution in [0.4, 0.5) is 13.2 Å². The molecule has 10 nitrogen and oxygen atoms in total. The molecule has 276 valence electrons. The van der Waals surface area contributed by atoms with Crippen molar-refractivity contribution >= 4 is 29.6 Å². The second-order valence-electron chi connectivity index (χ2n) is 11.9. The number of benzene rings is 1. The molecule has 0 unspecified atom stereocenters. The molecular formula is C36H52F3NO9. The Morgan fingerprint density at radius 2 is 1.41 bits per heavy atom. The van der Waals surface area contributed by atoms with Gasteiger partial charge in [-0.3, -0.25) is 14.4 Å². The van der Waals surface area contributed by atoms with Gasteiger partial charge in [-0.2, -0.15) is 13.2 Å². The van der Waals surface area contributed by atoms with E-state index in [0.29, 0.717) is 32.2 Å². The van der Waals surface area contributed by atoms with Crippen LogP contribution in [0.2, 0.25) is 0 Å². The number of esters is 3. The third-order valence-electron chi connectivity index (χ3n) is 8.07. The van der Waals surface area contributed by atoms with Gasteiger partial charge in [0.05, 0.1) is 7.11 Å². The summed E-state index contributed by atoms with van der Waals surface area (Å²) in [5, 5.41) is 2.32. The van der Waals surface area contributed by atoms with Crippen LogP contribution in [0.1, 0.15) is 110 Å². The van der Waals surface area contributed by atoms with E-state index in [9.17, 15) is 37.1 Å². The summed E-state index contributed by atoms with van der Waals surface area (Å²) >= 11 is 0. The van der Waals surface area contributed by atoms with E-state index in [1.807, 2.05) is 6.08 Å². The zero-order valence-corrected chi connectivity index (χ0v) is 29.3. The normalized spacial score (nSPS) is 14.7. The van der Waals surface area contributed by atoms with Gasteiger partial charge in [0.1, 0.15) is 18.5 Å². The van der Waals surface area contributed by atoms with Gasteiger partial charge in [0, 0.05) is 39.4 Å². The zero-order chi connectivity index (χ0) is 36.9. The number of allylic oxidation sites excluding steroid dienone is 2. The molecule has 3 atom stereocenters. The third kappa shape index (κ3) is 13.6. The number of ketones is 1. The summed E-state index contributed by atoms with van der Waals surface area (Å²) in [7, 11) is 1.67. The Morgan fingerprint density at radius 1 is 0.816 bits per heavy atom. The van der Waals surface area contributed by atoms with Gasteiger partial charge in [-0.25, -0.2) is 9.59 Å². The lowest BCUT2D eigenvalue weighted by Crippen LogP contribution is -2.67. The number of Topliss-reactive ketones (excluding diaryl/α,β-unsaturated/α-hetero) is 1. The second kappa shape index (κ2) is 22.1. The van der Waals surface area contributed by atoms with E-state index >= 15 is 0 Å². The molecule has 0 fully saturated rings. The highest BCUT2D eigenvalue weighted by Crippen LogP contribution is 2.44. The van der Waals surface area contributed by atoms with Crippen molar-refractivity contribution < 1.29 is 56.1 Å². The molecule has 1 rings (SSSR count). The molecule has 1 aromatic carbocycles. The fourth-order valence-electron chi connectivity index (χ4n) is 5.46. The van der Waals surface area contributed by atoms with Crippen LogP contribution in [0.3, 0.4) is 0 Å². The number of alkyl halides is 3. The molecule has 0 aliphatic heterocycles. The Hall–Kier alpha value is -3.74. The van der Waals surface area contributed by atoms with E-state index in [4.69, 9.17) is 18.9 Å². The summed E-state index contributed by atoms with van der Waals surface area (Å²) in [4.78, 5) is 63.0. The van der Waals surface area contributed by atoms with E-state index in [1.54, 1.807) is 6.08 Å². The Balaban J connectivity index is 3.17. The minimum Gasteiger partial charge on any atom is -0.467 e. The summed E-state index contributed by atoms with van der Waals surface area (Å²) in [5.41, 5.74) is -6.57. The van der Waals surface area contributed by atoms with Crippen LogP contribution in [0.15, 0.2) is 42.5 Å². The molecular weight excluding hydrogens is 647 g/mol. The Morgan fingerprint density at radius 3 is 1.94 bits per heavy atom. The van der Waals surface area contributed by atoms with Gasteiger partial charge in [-0.1, -0.05) is 81.5 Å². The number of halogens is 3. The van der Waals surface area contributed by atoms with Crippen LogP contribution in [-0.2, 0) is 48.5 Å². The summed E-state index contributed by atoms with van der Waals surface area (Å²) in [5.74, 6) is -4.51. The van der Waals surface area contributed by atoms with Crippen LogP contribution in [0.25, 0.3) is 0 Å². The number of carbonyl (C=O) groups is 5. The van der Waals surface area contributed by atoms with Crippen LogP contribution >= 0.6 is 0 Å². The van der Waals surface area contributed by atoms with Gasteiger partial charge in [0.15, 0.2) is 0 Å². The first-order valence-electron chi connectivity index (χ1n) is 16.8. The average molecular weight is 700 g/mol. The van der Waals surface area contributed by atoms with E-state index < -0.39 is 59.4 Å². The predicted octanol–water partition coefficient (Wildman–Crippen LogP) is 6.83. The van der Waals surface area contributed by atoms with Gasteiger partial charge in [0.2, 0.25) is 11.4 Å². The Labute approximate surface area is 287 Å². The SMILES string of the molecule is CCCCCCC(=O)CCCCCC/C=C/CC[C@@H](OC(=O)[C@](OC)(c1ccccc1)C(F)(F)F)[C@](COC(C)=O)(NC(C)=O)C(=O)OC. The molecule has 0 saturated heterocycles. The van der Waals surface area contributed by atoms with Gasteiger partial charge < -0.3 is 24.3 Å². The first kappa shape index (κ1) is 43.3. The molecule has 49 heavy (non-hydrogen) atoms. The van der Waals surface area contributed by atoms with Crippen molar-refractivity contribution in [2.24, 2.45) is 0 Å². The quantitative estimate of drug-likeness (QED) is 0.0533. The summed E-state index contributed by atoms with van der Waals surface area (Å²) in [6.07, 6.45) is 5.91. The van der Waals surface area contributed by atoms with Crippen molar-refractivity contribution in [2.45, 2.75) is 128 Å². The molecule has 0 aromatic heterocycles. The number of methoxy groups -OCH3 is 2. The topological polar surface area (TPSA) is 134 Å². The number of hydrogen-bond acceptors (Lipinski definition) is 9. The second-order valence-corrected chi connectivity index (χ2v) is 11.9. The molecule has 0 radical (unpaired) electrons. The number of nitrogens with one attached hydrogen (secondary N) is 1. The largest absolute Gasteiger partial charge is 0.467 e. The average Bonchev–Trinajstić information content (AvgIpc) is 3.05. The molecule has 1 amide bonds. The van der Waals surface area contributed by atoms with Crippen LogP contribution < -0.4 is 5.32 Å². The Kier molecular flexibility index (Phi) is 19.5. The molecule has 0 aliphatic rings. The van der Waals surface area contributed by atoms with Crippen LogP contribution in [0, 0.1) is 0 Å². The molecule has 0 bridgehead atoms. The van der Waals surface area contributed by atoms with E-state index in [-0.39, 0.29) is 12.8 Å². The molecule has 13 heteroatoms. The van der Waals surface area contributed by atoms with Crippen molar-refractivity contribution in [2.75, 3.05) is 20.8 Å². The first-order chi connectivity index (χ1) is 23.2. The standard InChI is InChI=1S/C36H52F3NO9/c1-6-7-8-18-23-30(43)24-19-13-11-9-10-12-14-20-25-31(34(32(44)46-4,40-27(2)41)26-48-28(3)42)49-33(45)35(47-5,36(37,38)39)29-21-16-15-17-22-29/h12,14-17,21-22,31H,6-11,13,18-20,23-26H2,1-5H3,(H,40,41)/b14-12+/t31-,34+,35-/m1/s1. The fraction of sp³-hybridized carbons (Fsp3) is 0.639. The molecule has 1 N–H and O–H groups in total. The molecule has 0 heterocycles. The van der Waals surface area contributed by atoms with Crippen LogP contribution in [-0.4, -0.2) is 68.2 Å². The summed E-state index contributed by atoms with van der Waals surface area (Å²) in [6.45, 7) is 3.30. The zero-order valence-electron chi connectivity index (χ0n) is 29.3. The number of rotatable bonds is 24. The lowest BCUT2D eigenvalue weighted by molar-refractivity contribution is -0.279. The highest BCUT2D eigenvalue weighted by molar-refractivity contribution is 5.90. The van der Waals surface area contributed by atoms with Crippen LogP contribution in [0.5, 0.6) is 0 Å². The summed E-state index contributed by atoms with van der Waals surface area (Å²) in [6, 6.07) is 6.12. The van der Waals surface area contributed by atoms with Crippen molar-refractivity contribution in [1.82, 2.24) is 5.32 Å². The minimum atomic E-state index is -5.32. The maximum Gasteiger partial charge on any atom is 0.432 e. The van der Waals surface area contributed by atoms with E-state index in [1.165, 1.54) is 18.2 Å². The number of carbonyl (C=O) groups excluding carboxylic acids is 5. The highest BCUT2D eigenvalue weighted by atomic mass is 19.4. The summed E-state index contributed by atoms with van der Waals surface area (Å²) < 4.78 is 64.3. The third-order valence-corrected chi connectivity index (χ3v) is 8.07. The fourth-order valence-corrected chi connectivity index (χ4v) is 5.46. The van der Waals surface area contributed by atoms with Crippen molar-refractivity contribution in [1.29, 1.82) is 0 Å². The number of unbranched alkanes of at least 4 members (excludes halogenated alkanes) is 7. The monoisotopic (exact) mass is 699 g/mol. The van der Waals surface area contributed by atoms with E-state index in [0.717, 1.165) is 84.5 Å². The first-order valence-corrected chi connectivity index (χ1v) is 16.8. The van der Waals surface area contributed by atoms with E-state index in [2.05, 4.69) is 12.2 Å². The van der Waals surface area contributed by atoms with Crippen molar-refractivity contribution in [3.8, 4) is 0 Å². The lowest BCUT2D eigenvalue weighted by atomic mass is 9.88. The molecule has 0 aliphatic carbocycles. The molecule has 1 aromatic rings. The van der Waals surface area contributed by atoms with Gasteiger partial charge in [-0.05, 0) is 38.5 Å². The number of hydrogen-bond donors (Lipinski definition) is 1. The van der Waals surface area contributed by atoms with Crippen molar-refractivity contribution in [3.05, 3.63) is 48.0 Å². The number of ether oxygens (including phenoxy) is 4. The molecule has 0 saturated carbocycles. The minimum absolute atomic E-state index is 0.0974. The Bertz CT molecular complexity index is 1220. The maximum absolute atomic E-state index is 14.7. The van der Waals surface area contributed by atoms with Crippen molar-refractivity contribution in [3.63, 3.8) is 0 Å². The maximum atomic E-state index is 14.7. The van der Waals surface area contributed by atoms with Gasteiger partial charge >= 0.3 is 24.1 Å².